The molecule has 152 valence electrons. The second kappa shape index (κ2) is 9.66. The van der Waals surface area contributed by atoms with E-state index in [4.69, 9.17) is 4.74 Å². The number of hydrogen-bond donors (Lipinski definition) is 1. The molecule has 6 nitrogen and oxygen atoms in total. The number of carbonyl (C=O) groups excluding carboxylic acids is 1. The maximum absolute atomic E-state index is 13.1. The number of aryl methyl sites for hydroxylation is 1. The minimum absolute atomic E-state index is 0.0288. The lowest BCUT2D eigenvalue weighted by atomic mass is 10.0. The van der Waals surface area contributed by atoms with Crippen LogP contribution >= 0.6 is 0 Å². The molecule has 1 fully saturated rings. The average molecular weight is 397 g/mol. The third-order valence-corrected chi connectivity index (χ3v) is 6.21. The molecule has 27 heavy (non-hydrogen) atoms. The molecule has 0 spiro atoms. The molecule has 2 rings (SSSR count). The number of benzene rings is 1. The number of ether oxygens (including phenoxy) is 1. The molecule has 1 N–H and O–H groups in total. The first-order chi connectivity index (χ1) is 12.7. The van der Waals surface area contributed by atoms with E-state index in [9.17, 15) is 13.2 Å². The summed E-state index contributed by atoms with van der Waals surface area (Å²) in [6.07, 6.45) is 2.29. The Morgan fingerprint density at radius 3 is 2.56 bits per heavy atom. The zero-order chi connectivity index (χ0) is 20.0. The van der Waals surface area contributed by atoms with E-state index in [0.717, 1.165) is 18.4 Å². The topological polar surface area (TPSA) is 75.7 Å². The molecule has 7 heteroatoms. The molecule has 1 aliphatic rings. The van der Waals surface area contributed by atoms with Crippen LogP contribution in [-0.2, 0) is 19.6 Å². The highest BCUT2D eigenvalue weighted by molar-refractivity contribution is 7.89. The van der Waals surface area contributed by atoms with Gasteiger partial charge in [0.25, 0.3) is 0 Å². The second-order valence-corrected chi connectivity index (χ2v) is 9.33. The predicted molar refractivity (Wildman–Crippen MR) is 106 cm³/mol. The molecule has 1 aromatic rings. The van der Waals surface area contributed by atoms with Gasteiger partial charge in [0.05, 0.1) is 11.0 Å². The van der Waals surface area contributed by atoms with Crippen molar-refractivity contribution in [3.63, 3.8) is 0 Å². The summed E-state index contributed by atoms with van der Waals surface area (Å²) in [5, 5.41) is 0. The standard InChI is InChI=1S/C20H32N2O4S/c1-5-26-17-7-6-12-22(14-17)20(23)19(13-15(2)3)21-27(24,25)18-10-8-16(4)9-11-18/h8-11,15,17,19,21H,5-7,12-14H2,1-4H3. The molecule has 2 atom stereocenters. The lowest BCUT2D eigenvalue weighted by molar-refractivity contribution is -0.137. The van der Waals surface area contributed by atoms with Crippen molar-refractivity contribution in [1.82, 2.24) is 9.62 Å². The molecule has 0 saturated carbocycles. The average Bonchev–Trinajstić information content (AvgIpc) is 2.61. The highest BCUT2D eigenvalue weighted by Gasteiger charge is 2.32. The molecule has 0 aromatic heterocycles. The van der Waals surface area contributed by atoms with Crippen molar-refractivity contribution in [3.8, 4) is 0 Å². The first kappa shape index (κ1) is 21.9. The van der Waals surface area contributed by atoms with Crippen molar-refractivity contribution >= 4 is 15.9 Å². The highest BCUT2D eigenvalue weighted by Crippen LogP contribution is 2.18. The van der Waals surface area contributed by atoms with Crippen LogP contribution in [0.1, 0.15) is 45.6 Å². The van der Waals surface area contributed by atoms with Crippen LogP contribution in [-0.4, -0.2) is 51.1 Å². The van der Waals surface area contributed by atoms with Gasteiger partial charge in [0.15, 0.2) is 0 Å². The number of piperidine rings is 1. The van der Waals surface area contributed by atoms with Crippen molar-refractivity contribution in [3.05, 3.63) is 29.8 Å². The summed E-state index contributed by atoms with van der Waals surface area (Å²) >= 11 is 0. The molecule has 0 radical (unpaired) electrons. The molecular formula is C20H32N2O4S. The smallest absolute Gasteiger partial charge is 0.241 e. The number of amides is 1. The summed E-state index contributed by atoms with van der Waals surface area (Å²) in [5.41, 5.74) is 0.985. The van der Waals surface area contributed by atoms with Crippen LogP contribution in [0.25, 0.3) is 0 Å². The van der Waals surface area contributed by atoms with Gasteiger partial charge in [-0.15, -0.1) is 0 Å². The molecule has 1 heterocycles. The Morgan fingerprint density at radius 1 is 1.30 bits per heavy atom. The molecular weight excluding hydrogens is 364 g/mol. The van der Waals surface area contributed by atoms with Crippen LogP contribution in [0.4, 0.5) is 0 Å². The van der Waals surface area contributed by atoms with Crippen molar-refractivity contribution < 1.29 is 17.9 Å². The SMILES string of the molecule is CCOC1CCCN(C(=O)C(CC(C)C)NS(=O)(=O)c2ccc(C)cc2)C1. The lowest BCUT2D eigenvalue weighted by Crippen LogP contribution is -2.52. The third kappa shape index (κ3) is 6.30. The van der Waals surface area contributed by atoms with E-state index in [1.54, 1.807) is 29.2 Å². The van der Waals surface area contributed by atoms with Gasteiger partial charge < -0.3 is 9.64 Å². The van der Waals surface area contributed by atoms with E-state index in [-0.39, 0.29) is 22.8 Å². The summed E-state index contributed by atoms with van der Waals surface area (Å²) < 4.78 is 33.9. The van der Waals surface area contributed by atoms with Crippen molar-refractivity contribution in [2.45, 2.75) is 64.0 Å². The molecule has 1 amide bonds. The van der Waals surface area contributed by atoms with Gasteiger partial charge in [-0.1, -0.05) is 31.5 Å². The van der Waals surface area contributed by atoms with Gasteiger partial charge in [0.2, 0.25) is 15.9 Å². The fourth-order valence-corrected chi connectivity index (χ4v) is 4.58. The van der Waals surface area contributed by atoms with Crippen molar-refractivity contribution in [2.24, 2.45) is 5.92 Å². The summed E-state index contributed by atoms with van der Waals surface area (Å²) in [7, 11) is -3.76. The molecule has 1 saturated heterocycles. The quantitative estimate of drug-likeness (QED) is 0.733. The van der Waals surface area contributed by atoms with Crippen LogP contribution in [0, 0.1) is 12.8 Å². The molecule has 1 aromatic carbocycles. The number of nitrogens with one attached hydrogen (secondary N) is 1. The zero-order valence-electron chi connectivity index (χ0n) is 16.8. The number of sulfonamides is 1. The number of carbonyl (C=O) groups is 1. The van der Waals surface area contributed by atoms with E-state index in [1.165, 1.54) is 0 Å². The van der Waals surface area contributed by atoms with E-state index in [1.807, 2.05) is 27.7 Å². The van der Waals surface area contributed by atoms with Crippen LogP contribution in [0.3, 0.4) is 0 Å². The minimum atomic E-state index is -3.76. The van der Waals surface area contributed by atoms with Crippen molar-refractivity contribution in [1.29, 1.82) is 0 Å². The van der Waals surface area contributed by atoms with Crippen LogP contribution in [0.5, 0.6) is 0 Å². The maximum Gasteiger partial charge on any atom is 0.241 e. The Labute approximate surface area is 163 Å². The Hall–Kier alpha value is -1.44. The highest BCUT2D eigenvalue weighted by atomic mass is 32.2. The first-order valence-corrected chi connectivity index (χ1v) is 11.2. The molecule has 0 bridgehead atoms. The van der Waals surface area contributed by atoms with E-state index in [0.29, 0.717) is 26.1 Å². The Morgan fingerprint density at radius 2 is 1.96 bits per heavy atom. The fourth-order valence-electron chi connectivity index (χ4n) is 3.37. The van der Waals surface area contributed by atoms with Crippen molar-refractivity contribution in [2.75, 3.05) is 19.7 Å². The molecule has 2 unspecified atom stereocenters. The monoisotopic (exact) mass is 396 g/mol. The summed E-state index contributed by atoms with van der Waals surface area (Å²) in [6.45, 7) is 9.59. The summed E-state index contributed by atoms with van der Waals surface area (Å²) in [6, 6.07) is 5.88. The van der Waals surface area contributed by atoms with E-state index < -0.39 is 16.1 Å². The van der Waals surface area contributed by atoms with Crippen LogP contribution in [0.2, 0.25) is 0 Å². The van der Waals surface area contributed by atoms with Crippen LogP contribution < -0.4 is 4.72 Å². The Balaban J connectivity index is 2.16. The molecule has 1 aliphatic heterocycles. The Kier molecular flexibility index (Phi) is 7.82. The molecule has 0 aliphatic carbocycles. The Bertz CT molecular complexity index is 714. The largest absolute Gasteiger partial charge is 0.377 e. The normalized spacial score (nSPS) is 19.3. The summed E-state index contributed by atoms with van der Waals surface area (Å²) in [4.78, 5) is 15.0. The third-order valence-electron chi connectivity index (χ3n) is 4.73. The first-order valence-electron chi connectivity index (χ1n) is 9.72. The number of rotatable bonds is 8. The van der Waals surface area contributed by atoms with Gasteiger partial charge in [-0.2, -0.15) is 4.72 Å². The summed E-state index contributed by atoms with van der Waals surface area (Å²) in [5.74, 6) is 0.0240. The van der Waals surface area contributed by atoms with Gasteiger partial charge in [-0.25, -0.2) is 8.42 Å². The zero-order valence-corrected chi connectivity index (χ0v) is 17.6. The number of hydrogen-bond acceptors (Lipinski definition) is 4. The number of nitrogens with zero attached hydrogens (tertiary/aromatic N) is 1. The maximum atomic E-state index is 13.1. The van der Waals surface area contributed by atoms with Gasteiger partial charge >= 0.3 is 0 Å². The second-order valence-electron chi connectivity index (χ2n) is 7.62. The number of likely N-dealkylation sites (tertiary alicyclic amines) is 1. The van der Waals surface area contributed by atoms with Gasteiger partial charge in [0, 0.05) is 19.7 Å². The van der Waals surface area contributed by atoms with Crippen LogP contribution in [0.15, 0.2) is 29.2 Å². The minimum Gasteiger partial charge on any atom is -0.377 e. The lowest BCUT2D eigenvalue weighted by Gasteiger charge is -2.35. The van der Waals surface area contributed by atoms with E-state index in [2.05, 4.69) is 4.72 Å². The van der Waals surface area contributed by atoms with Gasteiger partial charge in [-0.3, -0.25) is 4.79 Å². The fraction of sp³-hybridized carbons (Fsp3) is 0.650. The van der Waals surface area contributed by atoms with E-state index >= 15 is 0 Å². The predicted octanol–water partition coefficient (Wildman–Crippen LogP) is 2.72. The van der Waals surface area contributed by atoms with Gasteiger partial charge in [-0.05, 0) is 51.2 Å². The van der Waals surface area contributed by atoms with Gasteiger partial charge in [0.1, 0.15) is 6.04 Å².